The lowest BCUT2D eigenvalue weighted by atomic mass is 10.2. The third kappa shape index (κ3) is 1.48. The summed E-state index contributed by atoms with van der Waals surface area (Å²) in [6.07, 6.45) is 2.07. The zero-order chi connectivity index (χ0) is 11.0. The number of carbonyl (C=O) groups is 1. The highest BCUT2D eigenvalue weighted by molar-refractivity contribution is 5.90. The topological polar surface area (TPSA) is 35.5 Å². The summed E-state index contributed by atoms with van der Waals surface area (Å²) < 4.78 is 11.0. The van der Waals surface area contributed by atoms with Crippen molar-refractivity contribution in [2.45, 2.75) is 25.6 Å². The Balaban J connectivity index is 1.89. The van der Waals surface area contributed by atoms with Crippen LogP contribution >= 0.6 is 0 Å². The van der Waals surface area contributed by atoms with Gasteiger partial charge < -0.3 is 9.47 Å². The molecule has 0 fully saturated rings. The van der Waals surface area contributed by atoms with E-state index in [-0.39, 0.29) is 5.97 Å². The Hall–Kier alpha value is -1.77. The average Bonchev–Trinajstić information content (AvgIpc) is 2.79. The number of hydrogen-bond acceptors (Lipinski definition) is 3. The number of carbonyl (C=O) groups excluding carboxylic acids is 1. The van der Waals surface area contributed by atoms with Gasteiger partial charge in [0.2, 0.25) is 0 Å². The second-order valence-electron chi connectivity index (χ2n) is 4.02. The minimum absolute atomic E-state index is 0.215. The van der Waals surface area contributed by atoms with Crippen LogP contribution in [0.15, 0.2) is 41.7 Å². The predicted molar refractivity (Wildman–Crippen MR) is 57.2 cm³/mol. The quantitative estimate of drug-likeness (QED) is 0.677. The van der Waals surface area contributed by atoms with Crippen molar-refractivity contribution in [2.24, 2.45) is 0 Å². The smallest absolute Gasteiger partial charge is 0.340 e. The number of rotatable bonds is 1. The molecule has 0 amide bonds. The zero-order valence-electron chi connectivity index (χ0n) is 8.81. The molecule has 0 radical (unpaired) electrons. The fourth-order valence-corrected chi connectivity index (χ4v) is 2.13. The maximum Gasteiger partial charge on any atom is 0.340 e. The van der Waals surface area contributed by atoms with Gasteiger partial charge in [0.05, 0.1) is 5.57 Å². The summed E-state index contributed by atoms with van der Waals surface area (Å²) in [4.78, 5) is 11.7. The minimum atomic E-state index is -0.564. The Labute approximate surface area is 93.7 Å². The Morgan fingerprint density at radius 3 is 2.69 bits per heavy atom. The van der Waals surface area contributed by atoms with Crippen molar-refractivity contribution in [1.82, 2.24) is 0 Å². The monoisotopic (exact) mass is 216 g/mol. The highest BCUT2D eigenvalue weighted by atomic mass is 16.7. The van der Waals surface area contributed by atoms with Crippen LogP contribution in [0, 0.1) is 0 Å². The Morgan fingerprint density at radius 1 is 1.06 bits per heavy atom. The summed E-state index contributed by atoms with van der Waals surface area (Å²) in [5.41, 5.74) is 1.61. The Kier molecular flexibility index (Phi) is 2.17. The largest absolute Gasteiger partial charge is 0.454 e. The number of cyclic esters (lactones) is 1. The molecule has 2 aliphatic rings. The normalized spacial score (nSPS) is 23.8. The minimum Gasteiger partial charge on any atom is -0.454 e. The van der Waals surface area contributed by atoms with Gasteiger partial charge in [0.1, 0.15) is 5.76 Å². The fourth-order valence-electron chi connectivity index (χ4n) is 2.13. The molecule has 3 nitrogen and oxygen atoms in total. The highest BCUT2D eigenvalue weighted by Crippen LogP contribution is 2.37. The van der Waals surface area contributed by atoms with E-state index in [9.17, 15) is 4.79 Å². The van der Waals surface area contributed by atoms with Gasteiger partial charge in [0.25, 0.3) is 6.29 Å². The number of benzene rings is 1. The van der Waals surface area contributed by atoms with Crippen molar-refractivity contribution in [3.63, 3.8) is 0 Å². The summed E-state index contributed by atoms with van der Waals surface area (Å²) in [6.45, 7) is 0. The van der Waals surface area contributed by atoms with Crippen LogP contribution in [0.1, 0.15) is 31.1 Å². The van der Waals surface area contributed by atoms with Crippen LogP contribution in [0.3, 0.4) is 0 Å². The highest BCUT2D eigenvalue weighted by Gasteiger charge is 2.33. The summed E-state index contributed by atoms with van der Waals surface area (Å²) in [5.74, 6) is 0.609. The molecule has 3 rings (SSSR count). The molecule has 1 aromatic rings. The molecule has 1 aromatic carbocycles. The van der Waals surface area contributed by atoms with E-state index in [2.05, 4.69) is 0 Å². The molecular formula is C13H12O3. The van der Waals surface area contributed by atoms with Crippen LogP contribution in [0.2, 0.25) is 0 Å². The van der Waals surface area contributed by atoms with E-state index >= 15 is 0 Å². The summed E-state index contributed by atoms with van der Waals surface area (Å²) in [7, 11) is 0. The van der Waals surface area contributed by atoms with E-state index in [0.29, 0.717) is 0 Å². The van der Waals surface area contributed by atoms with Gasteiger partial charge in [-0.15, -0.1) is 0 Å². The lowest BCUT2D eigenvalue weighted by molar-refractivity contribution is -0.175. The van der Waals surface area contributed by atoms with Crippen molar-refractivity contribution in [3.05, 3.63) is 47.2 Å². The van der Waals surface area contributed by atoms with Gasteiger partial charge in [-0.2, -0.15) is 0 Å². The average molecular weight is 216 g/mol. The van der Waals surface area contributed by atoms with Crippen molar-refractivity contribution in [2.75, 3.05) is 0 Å². The molecule has 0 saturated heterocycles. The maximum atomic E-state index is 11.7. The second kappa shape index (κ2) is 3.67. The first-order chi connectivity index (χ1) is 7.84. The van der Waals surface area contributed by atoms with Crippen LogP contribution in [-0.4, -0.2) is 5.97 Å². The third-order valence-corrected chi connectivity index (χ3v) is 2.95. The van der Waals surface area contributed by atoms with Gasteiger partial charge in [0.15, 0.2) is 0 Å². The molecule has 1 atom stereocenters. The lowest BCUT2D eigenvalue weighted by Crippen LogP contribution is -2.21. The zero-order valence-corrected chi connectivity index (χ0v) is 8.81. The molecule has 16 heavy (non-hydrogen) atoms. The molecule has 0 bridgehead atoms. The van der Waals surface area contributed by atoms with E-state index in [1.165, 1.54) is 0 Å². The Morgan fingerprint density at radius 2 is 1.88 bits per heavy atom. The molecule has 3 heteroatoms. The molecule has 0 spiro atoms. The van der Waals surface area contributed by atoms with Crippen LogP contribution in [0.25, 0.3) is 0 Å². The van der Waals surface area contributed by atoms with Crippen LogP contribution in [0.5, 0.6) is 0 Å². The number of allylic oxidation sites excluding steroid dienone is 1. The van der Waals surface area contributed by atoms with Gasteiger partial charge in [-0.1, -0.05) is 30.3 Å². The molecular weight excluding hydrogens is 204 g/mol. The van der Waals surface area contributed by atoms with Crippen LogP contribution < -0.4 is 0 Å². The SMILES string of the molecule is O=C1OC(c2ccccc2)OC2=C1CCC2. The molecule has 0 aromatic heterocycles. The Bertz CT molecular complexity index is 448. The molecule has 1 heterocycles. The van der Waals surface area contributed by atoms with Gasteiger partial charge in [0, 0.05) is 12.0 Å². The number of esters is 1. The number of ether oxygens (including phenoxy) is 2. The molecule has 82 valence electrons. The standard InChI is InChI=1S/C13H12O3/c14-12-10-7-4-8-11(10)15-13(16-12)9-5-2-1-3-6-9/h1-3,5-6,13H,4,7-8H2. The van der Waals surface area contributed by atoms with E-state index < -0.39 is 6.29 Å². The molecule has 1 unspecified atom stereocenters. The van der Waals surface area contributed by atoms with Crippen molar-refractivity contribution < 1.29 is 14.3 Å². The van der Waals surface area contributed by atoms with Crippen LogP contribution in [0.4, 0.5) is 0 Å². The lowest BCUT2D eigenvalue weighted by Gasteiger charge is -2.25. The van der Waals surface area contributed by atoms with Crippen molar-refractivity contribution in [1.29, 1.82) is 0 Å². The van der Waals surface area contributed by atoms with Gasteiger partial charge in [-0.3, -0.25) is 0 Å². The number of hydrogen-bond donors (Lipinski definition) is 0. The van der Waals surface area contributed by atoms with Crippen LogP contribution in [-0.2, 0) is 14.3 Å². The second-order valence-corrected chi connectivity index (χ2v) is 4.02. The first-order valence-electron chi connectivity index (χ1n) is 5.49. The van der Waals surface area contributed by atoms with E-state index in [0.717, 1.165) is 36.2 Å². The van der Waals surface area contributed by atoms with E-state index in [1.807, 2.05) is 30.3 Å². The molecule has 1 aliphatic heterocycles. The molecule has 0 N–H and O–H groups in total. The summed E-state index contributed by atoms with van der Waals surface area (Å²) in [6, 6.07) is 9.54. The predicted octanol–water partition coefficient (Wildman–Crippen LogP) is 2.70. The van der Waals surface area contributed by atoms with Gasteiger partial charge in [-0.25, -0.2) is 4.79 Å². The molecule has 1 aliphatic carbocycles. The molecule has 0 saturated carbocycles. The third-order valence-electron chi connectivity index (χ3n) is 2.95. The maximum absolute atomic E-state index is 11.7. The van der Waals surface area contributed by atoms with E-state index in [1.54, 1.807) is 0 Å². The van der Waals surface area contributed by atoms with E-state index in [4.69, 9.17) is 9.47 Å². The summed E-state index contributed by atoms with van der Waals surface area (Å²) in [5, 5.41) is 0. The van der Waals surface area contributed by atoms with Crippen molar-refractivity contribution in [3.8, 4) is 0 Å². The van der Waals surface area contributed by atoms with Gasteiger partial charge >= 0.3 is 5.97 Å². The first-order valence-corrected chi connectivity index (χ1v) is 5.49. The van der Waals surface area contributed by atoms with Gasteiger partial charge in [-0.05, 0) is 12.8 Å². The fraction of sp³-hybridized carbons (Fsp3) is 0.308. The first kappa shape index (κ1) is 9.46. The van der Waals surface area contributed by atoms with Crippen molar-refractivity contribution >= 4 is 5.97 Å². The summed E-state index contributed by atoms with van der Waals surface area (Å²) >= 11 is 0.